The number of pyridine rings is 1. The zero-order valence-electron chi connectivity index (χ0n) is 14.9. The molecule has 0 saturated carbocycles. The molecule has 0 spiro atoms. The lowest BCUT2D eigenvalue weighted by Gasteiger charge is -2.28. The highest BCUT2D eigenvalue weighted by atomic mass is 16.2. The van der Waals surface area contributed by atoms with Gasteiger partial charge < -0.3 is 10.0 Å². The van der Waals surface area contributed by atoms with Crippen LogP contribution in [0.15, 0.2) is 30.3 Å². The molecule has 1 fully saturated rings. The van der Waals surface area contributed by atoms with Crippen LogP contribution in [0.5, 0.6) is 0 Å². The average Bonchev–Trinajstić information content (AvgIpc) is 2.62. The number of benzene rings is 1. The summed E-state index contributed by atoms with van der Waals surface area (Å²) in [6.07, 6.45) is 5.42. The zero-order chi connectivity index (χ0) is 16.9. The molecule has 0 amide bonds. The summed E-state index contributed by atoms with van der Waals surface area (Å²) in [6.45, 7) is 6.73. The van der Waals surface area contributed by atoms with Crippen molar-refractivity contribution < 1.29 is 5.11 Å². The van der Waals surface area contributed by atoms with Crippen molar-refractivity contribution in [3.63, 3.8) is 0 Å². The van der Waals surface area contributed by atoms with Gasteiger partial charge in [0.05, 0.1) is 0 Å². The fourth-order valence-corrected chi connectivity index (χ4v) is 3.45. The van der Waals surface area contributed by atoms with Crippen LogP contribution in [0.1, 0.15) is 42.5 Å². The Labute approximate surface area is 145 Å². The lowest BCUT2D eigenvalue weighted by molar-refractivity contribution is 0.288. The molecular weight excluding hydrogens is 296 g/mol. The summed E-state index contributed by atoms with van der Waals surface area (Å²) in [5, 5.41) is 9.17. The number of aryl methyl sites for hydroxylation is 3. The Balaban J connectivity index is 2.01. The van der Waals surface area contributed by atoms with Crippen molar-refractivity contribution in [2.45, 2.75) is 46.0 Å². The minimum absolute atomic E-state index is 0.217. The first kappa shape index (κ1) is 17.0. The molecule has 1 N–H and O–H groups in total. The minimum atomic E-state index is 0.217. The molecule has 0 bridgehead atoms. The Bertz CT molecular complexity index is 690. The average molecular weight is 324 g/mol. The van der Waals surface area contributed by atoms with Crippen molar-refractivity contribution in [1.82, 2.24) is 4.98 Å². The van der Waals surface area contributed by atoms with Crippen LogP contribution in [-0.2, 0) is 6.42 Å². The molecule has 0 aliphatic carbocycles. The second-order valence-electron chi connectivity index (χ2n) is 6.90. The van der Waals surface area contributed by atoms with E-state index in [4.69, 9.17) is 4.98 Å². The monoisotopic (exact) mass is 324 g/mol. The van der Waals surface area contributed by atoms with Crippen molar-refractivity contribution in [2.24, 2.45) is 0 Å². The molecule has 1 aromatic carbocycles. The van der Waals surface area contributed by atoms with Gasteiger partial charge in [-0.25, -0.2) is 4.98 Å². The minimum Gasteiger partial charge on any atom is -0.396 e. The highest BCUT2D eigenvalue weighted by Gasteiger charge is 2.15. The third kappa shape index (κ3) is 3.96. The first-order valence-electron chi connectivity index (χ1n) is 9.12. The van der Waals surface area contributed by atoms with Gasteiger partial charge >= 0.3 is 0 Å². The number of hydrogen-bond acceptors (Lipinski definition) is 3. The number of aromatic nitrogens is 1. The molecule has 3 rings (SSSR count). The Hall–Kier alpha value is -1.87. The van der Waals surface area contributed by atoms with Crippen molar-refractivity contribution in [1.29, 1.82) is 0 Å². The molecular formula is C21H28N2O. The van der Waals surface area contributed by atoms with Gasteiger partial charge in [0, 0.05) is 25.4 Å². The number of anilines is 1. The van der Waals surface area contributed by atoms with Gasteiger partial charge in [-0.05, 0) is 74.8 Å². The van der Waals surface area contributed by atoms with Crippen molar-refractivity contribution in [2.75, 3.05) is 24.6 Å². The molecule has 2 aromatic rings. The van der Waals surface area contributed by atoms with Crippen LogP contribution in [0.2, 0.25) is 0 Å². The second-order valence-corrected chi connectivity index (χ2v) is 6.90. The van der Waals surface area contributed by atoms with Crippen molar-refractivity contribution >= 4 is 5.82 Å². The van der Waals surface area contributed by atoms with Crippen LogP contribution in [0.25, 0.3) is 11.1 Å². The predicted octanol–water partition coefficient (Wildman–Crippen LogP) is 4.28. The van der Waals surface area contributed by atoms with Gasteiger partial charge in [-0.1, -0.05) is 23.8 Å². The molecule has 0 unspecified atom stereocenters. The van der Waals surface area contributed by atoms with E-state index in [1.165, 1.54) is 41.5 Å². The molecule has 1 aliphatic rings. The maximum Gasteiger partial charge on any atom is 0.129 e. The van der Waals surface area contributed by atoms with E-state index >= 15 is 0 Å². The first-order chi connectivity index (χ1) is 11.7. The fraction of sp³-hybridized carbons (Fsp3) is 0.476. The molecule has 3 heteroatoms. The van der Waals surface area contributed by atoms with E-state index in [9.17, 15) is 5.11 Å². The number of hydrogen-bond donors (Lipinski definition) is 1. The quantitative estimate of drug-likeness (QED) is 0.892. The van der Waals surface area contributed by atoms with Gasteiger partial charge in [0.25, 0.3) is 0 Å². The molecule has 0 radical (unpaired) electrons. The summed E-state index contributed by atoms with van der Waals surface area (Å²) in [4.78, 5) is 7.30. The SMILES string of the molecule is Cc1ccc(C)c(-c2cc(CCCO)nc(N3CCCCC3)c2)c1. The third-order valence-corrected chi connectivity index (χ3v) is 4.84. The zero-order valence-corrected chi connectivity index (χ0v) is 14.9. The number of nitrogens with zero attached hydrogens (tertiary/aromatic N) is 2. The number of piperidine rings is 1. The maximum absolute atomic E-state index is 9.17. The summed E-state index contributed by atoms with van der Waals surface area (Å²) in [5.74, 6) is 1.10. The smallest absolute Gasteiger partial charge is 0.129 e. The van der Waals surface area contributed by atoms with Gasteiger partial charge in [-0.2, -0.15) is 0 Å². The van der Waals surface area contributed by atoms with Gasteiger partial charge in [0.2, 0.25) is 0 Å². The van der Waals surface area contributed by atoms with Gasteiger partial charge in [-0.15, -0.1) is 0 Å². The van der Waals surface area contributed by atoms with Crippen LogP contribution < -0.4 is 4.90 Å². The number of aliphatic hydroxyl groups excluding tert-OH is 1. The Kier molecular flexibility index (Phi) is 5.52. The normalized spacial score (nSPS) is 14.9. The van der Waals surface area contributed by atoms with E-state index in [1.54, 1.807) is 0 Å². The van der Waals surface area contributed by atoms with E-state index in [0.717, 1.165) is 37.4 Å². The third-order valence-electron chi connectivity index (χ3n) is 4.84. The van der Waals surface area contributed by atoms with Gasteiger partial charge in [0.1, 0.15) is 5.82 Å². The lowest BCUT2D eigenvalue weighted by atomic mass is 9.97. The predicted molar refractivity (Wildman–Crippen MR) is 101 cm³/mol. The van der Waals surface area contributed by atoms with Crippen LogP contribution in [-0.4, -0.2) is 29.8 Å². The van der Waals surface area contributed by atoms with Crippen molar-refractivity contribution in [3.8, 4) is 11.1 Å². The Morgan fingerprint density at radius 1 is 1.04 bits per heavy atom. The molecule has 0 atom stereocenters. The summed E-state index contributed by atoms with van der Waals surface area (Å²) < 4.78 is 0. The second kappa shape index (κ2) is 7.80. The number of rotatable bonds is 5. The maximum atomic E-state index is 9.17. The molecule has 128 valence electrons. The number of aliphatic hydroxyl groups is 1. The molecule has 1 aliphatic heterocycles. The molecule has 1 aromatic heterocycles. The van der Waals surface area contributed by atoms with E-state index < -0.39 is 0 Å². The van der Waals surface area contributed by atoms with Crippen LogP contribution >= 0.6 is 0 Å². The highest BCUT2D eigenvalue weighted by Crippen LogP contribution is 2.29. The van der Waals surface area contributed by atoms with Crippen LogP contribution in [0, 0.1) is 13.8 Å². The van der Waals surface area contributed by atoms with E-state index in [1.807, 2.05) is 0 Å². The van der Waals surface area contributed by atoms with Crippen LogP contribution in [0.4, 0.5) is 5.82 Å². The van der Waals surface area contributed by atoms with E-state index in [0.29, 0.717) is 0 Å². The largest absolute Gasteiger partial charge is 0.396 e. The molecule has 24 heavy (non-hydrogen) atoms. The molecule has 1 saturated heterocycles. The van der Waals surface area contributed by atoms with E-state index in [-0.39, 0.29) is 6.61 Å². The van der Waals surface area contributed by atoms with E-state index in [2.05, 4.69) is 49.1 Å². The highest BCUT2D eigenvalue weighted by molar-refractivity contribution is 5.71. The first-order valence-corrected chi connectivity index (χ1v) is 9.12. The van der Waals surface area contributed by atoms with Gasteiger partial charge in [0.15, 0.2) is 0 Å². The Morgan fingerprint density at radius 3 is 2.58 bits per heavy atom. The lowest BCUT2D eigenvalue weighted by Crippen LogP contribution is -2.30. The molecule has 2 heterocycles. The summed E-state index contributed by atoms with van der Waals surface area (Å²) in [7, 11) is 0. The van der Waals surface area contributed by atoms with Crippen LogP contribution in [0.3, 0.4) is 0 Å². The summed E-state index contributed by atoms with van der Waals surface area (Å²) in [5.41, 5.74) is 6.21. The summed E-state index contributed by atoms with van der Waals surface area (Å²) in [6, 6.07) is 11.1. The topological polar surface area (TPSA) is 36.4 Å². The fourth-order valence-electron chi connectivity index (χ4n) is 3.45. The van der Waals surface area contributed by atoms with Crippen molar-refractivity contribution in [3.05, 3.63) is 47.2 Å². The summed E-state index contributed by atoms with van der Waals surface area (Å²) >= 11 is 0. The Morgan fingerprint density at radius 2 is 1.83 bits per heavy atom. The standard InChI is InChI=1S/C21H28N2O/c1-16-8-9-17(2)20(13-16)18-14-19(7-6-12-24)22-21(15-18)23-10-4-3-5-11-23/h8-9,13-15,24H,3-7,10-12H2,1-2H3. The van der Waals surface area contributed by atoms with Gasteiger partial charge in [-0.3, -0.25) is 0 Å². The molecule has 3 nitrogen and oxygen atoms in total.